The number of aliphatic hydroxyl groups is 1. The fraction of sp³-hybridized carbons (Fsp3) is 0.812. The standard InChI is InChI=1S/C16H27NOS/c1-11(2)10-16(7-5-6-8-16)14(18)9-15-17-12(3)13(4)19-15/h11,14,18H,5-10H2,1-4H3. The quantitative estimate of drug-likeness (QED) is 0.874. The summed E-state index contributed by atoms with van der Waals surface area (Å²) in [6.45, 7) is 8.71. The number of nitrogens with zero attached hydrogens (tertiary/aromatic N) is 1. The van der Waals surface area contributed by atoms with Gasteiger partial charge in [0.25, 0.3) is 0 Å². The zero-order valence-corrected chi connectivity index (χ0v) is 13.5. The molecule has 1 aliphatic carbocycles. The summed E-state index contributed by atoms with van der Waals surface area (Å²) in [6.07, 6.45) is 6.61. The van der Waals surface area contributed by atoms with Crippen LogP contribution >= 0.6 is 11.3 Å². The van der Waals surface area contributed by atoms with Crippen molar-refractivity contribution in [1.82, 2.24) is 4.98 Å². The molecule has 0 saturated heterocycles. The second-order valence-electron chi connectivity index (χ2n) is 6.64. The average Bonchev–Trinajstić information content (AvgIpc) is 2.87. The summed E-state index contributed by atoms with van der Waals surface area (Å²) in [5.41, 5.74) is 1.28. The van der Waals surface area contributed by atoms with E-state index in [-0.39, 0.29) is 11.5 Å². The molecule has 108 valence electrons. The molecule has 0 aliphatic heterocycles. The second kappa shape index (κ2) is 5.92. The van der Waals surface area contributed by atoms with Crippen molar-refractivity contribution in [2.45, 2.75) is 72.3 Å². The van der Waals surface area contributed by atoms with Gasteiger partial charge in [0.1, 0.15) is 0 Å². The zero-order valence-electron chi connectivity index (χ0n) is 12.7. The highest BCUT2D eigenvalue weighted by atomic mass is 32.1. The Morgan fingerprint density at radius 1 is 1.26 bits per heavy atom. The van der Waals surface area contributed by atoms with Crippen LogP contribution in [0.5, 0.6) is 0 Å². The third-order valence-corrected chi connectivity index (χ3v) is 5.66. The Bertz CT molecular complexity index is 399. The molecule has 2 nitrogen and oxygen atoms in total. The molecule has 1 fully saturated rings. The summed E-state index contributed by atoms with van der Waals surface area (Å²) in [5, 5.41) is 11.9. The Hall–Kier alpha value is -0.410. The molecule has 0 radical (unpaired) electrons. The van der Waals surface area contributed by atoms with Crippen molar-refractivity contribution in [3.05, 3.63) is 15.6 Å². The van der Waals surface area contributed by atoms with E-state index < -0.39 is 0 Å². The molecule has 1 unspecified atom stereocenters. The second-order valence-corrected chi connectivity index (χ2v) is 7.92. The van der Waals surface area contributed by atoms with E-state index in [9.17, 15) is 5.11 Å². The maximum absolute atomic E-state index is 10.8. The Morgan fingerprint density at radius 2 is 1.89 bits per heavy atom. The maximum atomic E-state index is 10.8. The van der Waals surface area contributed by atoms with Gasteiger partial charge in [-0.1, -0.05) is 26.7 Å². The predicted molar refractivity (Wildman–Crippen MR) is 81.7 cm³/mol. The van der Waals surface area contributed by atoms with Crippen LogP contribution in [0.3, 0.4) is 0 Å². The van der Waals surface area contributed by atoms with Gasteiger partial charge in [-0.05, 0) is 44.4 Å². The van der Waals surface area contributed by atoms with Crippen LogP contribution < -0.4 is 0 Å². The maximum Gasteiger partial charge on any atom is 0.0956 e. The fourth-order valence-corrected chi connectivity index (χ4v) is 4.54. The Kier molecular flexibility index (Phi) is 4.67. The third-order valence-electron chi connectivity index (χ3n) is 4.56. The monoisotopic (exact) mass is 281 g/mol. The Balaban J connectivity index is 2.09. The molecule has 1 saturated carbocycles. The lowest BCUT2D eigenvalue weighted by Crippen LogP contribution is -2.35. The van der Waals surface area contributed by atoms with Gasteiger partial charge >= 0.3 is 0 Å². The number of aromatic nitrogens is 1. The highest BCUT2D eigenvalue weighted by Crippen LogP contribution is 2.46. The van der Waals surface area contributed by atoms with Crippen molar-refractivity contribution >= 4 is 11.3 Å². The fourth-order valence-electron chi connectivity index (χ4n) is 3.57. The molecule has 1 aromatic heterocycles. The summed E-state index contributed by atoms with van der Waals surface area (Å²) < 4.78 is 0. The van der Waals surface area contributed by atoms with Crippen molar-refractivity contribution in [3.63, 3.8) is 0 Å². The van der Waals surface area contributed by atoms with Gasteiger partial charge in [-0.3, -0.25) is 0 Å². The lowest BCUT2D eigenvalue weighted by Gasteiger charge is -2.35. The molecule has 2 rings (SSSR count). The van der Waals surface area contributed by atoms with Crippen LogP contribution in [-0.2, 0) is 6.42 Å². The van der Waals surface area contributed by atoms with Crippen LogP contribution in [0.1, 0.15) is 61.5 Å². The van der Waals surface area contributed by atoms with E-state index in [4.69, 9.17) is 0 Å². The summed E-state index contributed by atoms with van der Waals surface area (Å²) in [4.78, 5) is 5.87. The van der Waals surface area contributed by atoms with E-state index in [1.54, 1.807) is 11.3 Å². The van der Waals surface area contributed by atoms with Crippen molar-refractivity contribution in [2.75, 3.05) is 0 Å². The Morgan fingerprint density at radius 3 is 2.37 bits per heavy atom. The van der Waals surface area contributed by atoms with Gasteiger partial charge in [0, 0.05) is 11.3 Å². The van der Waals surface area contributed by atoms with E-state index in [2.05, 4.69) is 32.7 Å². The molecule has 19 heavy (non-hydrogen) atoms. The normalized spacial score (nSPS) is 20.1. The number of aliphatic hydroxyl groups excluding tert-OH is 1. The van der Waals surface area contributed by atoms with Gasteiger partial charge in [-0.15, -0.1) is 11.3 Å². The average molecular weight is 281 g/mol. The number of hydrogen-bond acceptors (Lipinski definition) is 3. The third kappa shape index (κ3) is 3.38. The van der Waals surface area contributed by atoms with E-state index in [0.29, 0.717) is 5.92 Å². The van der Waals surface area contributed by atoms with Gasteiger partial charge in [0.2, 0.25) is 0 Å². The molecule has 0 spiro atoms. The molecular formula is C16H27NOS. The van der Waals surface area contributed by atoms with Gasteiger partial charge in [-0.2, -0.15) is 0 Å². The lowest BCUT2D eigenvalue weighted by molar-refractivity contribution is 0.0133. The summed E-state index contributed by atoms with van der Waals surface area (Å²) in [5.74, 6) is 0.660. The molecule has 0 aromatic carbocycles. The topological polar surface area (TPSA) is 33.1 Å². The van der Waals surface area contributed by atoms with Gasteiger partial charge in [0.05, 0.1) is 16.8 Å². The molecule has 0 bridgehead atoms. The molecule has 3 heteroatoms. The minimum Gasteiger partial charge on any atom is -0.392 e. The number of hydrogen-bond donors (Lipinski definition) is 1. The van der Waals surface area contributed by atoms with Crippen molar-refractivity contribution in [3.8, 4) is 0 Å². The summed E-state index contributed by atoms with van der Waals surface area (Å²) in [6, 6.07) is 0. The van der Waals surface area contributed by atoms with Crippen molar-refractivity contribution in [1.29, 1.82) is 0 Å². The van der Waals surface area contributed by atoms with Crippen LogP contribution in [0.4, 0.5) is 0 Å². The van der Waals surface area contributed by atoms with Crippen LogP contribution in [-0.4, -0.2) is 16.2 Å². The first-order valence-corrected chi connectivity index (χ1v) is 8.35. The minimum atomic E-state index is -0.220. The van der Waals surface area contributed by atoms with Gasteiger partial charge in [-0.25, -0.2) is 4.98 Å². The highest BCUT2D eigenvalue weighted by molar-refractivity contribution is 7.11. The van der Waals surface area contributed by atoms with E-state index in [0.717, 1.165) is 23.5 Å². The molecule has 1 heterocycles. The molecule has 0 amide bonds. The van der Waals surface area contributed by atoms with Crippen LogP contribution in [0.25, 0.3) is 0 Å². The summed E-state index contributed by atoms with van der Waals surface area (Å²) in [7, 11) is 0. The zero-order chi connectivity index (χ0) is 14.0. The SMILES string of the molecule is Cc1nc(CC(O)C2(CC(C)C)CCCC2)sc1C. The van der Waals surface area contributed by atoms with Gasteiger partial charge in [0.15, 0.2) is 0 Å². The van der Waals surface area contributed by atoms with Crippen molar-refractivity contribution < 1.29 is 5.11 Å². The minimum absolute atomic E-state index is 0.154. The molecular weight excluding hydrogens is 254 g/mol. The molecule has 1 atom stereocenters. The number of rotatable bonds is 5. The smallest absolute Gasteiger partial charge is 0.0956 e. The van der Waals surface area contributed by atoms with Gasteiger partial charge < -0.3 is 5.11 Å². The van der Waals surface area contributed by atoms with Crippen LogP contribution in [0.15, 0.2) is 0 Å². The lowest BCUT2D eigenvalue weighted by atomic mass is 9.73. The molecule has 1 aliphatic rings. The van der Waals surface area contributed by atoms with Crippen molar-refractivity contribution in [2.24, 2.45) is 11.3 Å². The first kappa shape index (κ1) is 15.0. The first-order valence-electron chi connectivity index (χ1n) is 7.54. The first-order chi connectivity index (χ1) is 8.93. The summed E-state index contributed by atoms with van der Waals surface area (Å²) >= 11 is 1.75. The van der Waals surface area contributed by atoms with E-state index in [1.165, 1.54) is 30.6 Å². The highest BCUT2D eigenvalue weighted by Gasteiger charge is 2.41. The van der Waals surface area contributed by atoms with E-state index in [1.807, 2.05) is 0 Å². The molecule has 1 aromatic rings. The number of aryl methyl sites for hydroxylation is 2. The van der Waals surface area contributed by atoms with E-state index >= 15 is 0 Å². The Labute approximate surface area is 121 Å². The molecule has 1 N–H and O–H groups in total. The number of thiazole rings is 1. The van der Waals surface area contributed by atoms with Crippen LogP contribution in [0, 0.1) is 25.2 Å². The predicted octanol–water partition coefficient (Wildman–Crippen LogP) is 4.27. The largest absolute Gasteiger partial charge is 0.392 e. The van der Waals surface area contributed by atoms with Crippen LogP contribution in [0.2, 0.25) is 0 Å².